The Balaban J connectivity index is 1.59. The number of amides is 1. The fraction of sp³-hybridized carbons (Fsp3) is 0.421. The number of likely N-dealkylation sites (N-methyl/N-ethyl adjacent to an activating group) is 1. The standard InChI is InChI=1S/C19H23N3O2S/c1-3-22-10-9-14-15(11-22)25-19-16(14)18(23)20-17(21-19)12-5-7-13(8-6-12)24-4-2/h5-8,17,21H,3-4,9-11H2,1-2H3,(H,20,23). The van der Waals surface area contributed by atoms with Gasteiger partial charge in [0.15, 0.2) is 0 Å². The smallest absolute Gasteiger partial charge is 0.256 e. The van der Waals surface area contributed by atoms with E-state index in [1.807, 2.05) is 31.2 Å². The lowest BCUT2D eigenvalue weighted by Crippen LogP contribution is -2.38. The van der Waals surface area contributed by atoms with Crippen LogP contribution in [0.15, 0.2) is 24.3 Å². The van der Waals surface area contributed by atoms with Gasteiger partial charge in [-0.05, 0) is 43.1 Å². The third-order valence-corrected chi connectivity index (χ3v) is 6.03. The minimum atomic E-state index is -0.196. The molecule has 1 atom stereocenters. The first-order valence-corrected chi connectivity index (χ1v) is 9.68. The molecular weight excluding hydrogens is 334 g/mol. The van der Waals surface area contributed by atoms with E-state index >= 15 is 0 Å². The molecule has 1 unspecified atom stereocenters. The molecule has 2 aromatic rings. The van der Waals surface area contributed by atoms with Crippen molar-refractivity contribution in [2.45, 2.75) is 33.0 Å². The van der Waals surface area contributed by atoms with Crippen molar-refractivity contribution in [2.75, 3.05) is 25.0 Å². The molecule has 25 heavy (non-hydrogen) atoms. The van der Waals surface area contributed by atoms with Crippen LogP contribution in [0.3, 0.4) is 0 Å². The summed E-state index contributed by atoms with van der Waals surface area (Å²) in [6.45, 7) is 7.84. The van der Waals surface area contributed by atoms with Crippen LogP contribution in [0, 0.1) is 0 Å². The lowest BCUT2D eigenvalue weighted by Gasteiger charge is -2.28. The van der Waals surface area contributed by atoms with Crippen LogP contribution >= 0.6 is 11.3 Å². The highest BCUT2D eigenvalue weighted by atomic mass is 32.1. The van der Waals surface area contributed by atoms with Crippen LogP contribution in [0.4, 0.5) is 5.00 Å². The summed E-state index contributed by atoms with van der Waals surface area (Å²) in [5, 5.41) is 7.62. The Morgan fingerprint density at radius 1 is 1.24 bits per heavy atom. The minimum absolute atomic E-state index is 0.0371. The minimum Gasteiger partial charge on any atom is -0.494 e. The van der Waals surface area contributed by atoms with Gasteiger partial charge in [-0.25, -0.2) is 0 Å². The van der Waals surface area contributed by atoms with E-state index in [9.17, 15) is 4.79 Å². The molecule has 1 aromatic carbocycles. The maximum atomic E-state index is 12.7. The number of nitrogens with zero attached hydrogens (tertiary/aromatic N) is 1. The summed E-state index contributed by atoms with van der Waals surface area (Å²) in [5.74, 6) is 0.885. The maximum absolute atomic E-state index is 12.7. The zero-order valence-corrected chi connectivity index (χ0v) is 15.4. The molecule has 0 bridgehead atoms. The Labute approximate surface area is 152 Å². The molecule has 4 rings (SSSR count). The molecule has 2 N–H and O–H groups in total. The molecule has 3 heterocycles. The van der Waals surface area contributed by atoms with Gasteiger partial charge < -0.3 is 15.4 Å². The Bertz CT molecular complexity index is 785. The molecule has 5 nitrogen and oxygen atoms in total. The highest BCUT2D eigenvalue weighted by molar-refractivity contribution is 7.16. The number of hydrogen-bond acceptors (Lipinski definition) is 5. The zero-order valence-electron chi connectivity index (χ0n) is 14.6. The van der Waals surface area contributed by atoms with Gasteiger partial charge in [0.1, 0.15) is 16.9 Å². The molecular formula is C19H23N3O2S. The summed E-state index contributed by atoms with van der Waals surface area (Å²) in [6, 6.07) is 7.89. The van der Waals surface area contributed by atoms with E-state index in [-0.39, 0.29) is 12.1 Å². The fourth-order valence-electron chi connectivity index (χ4n) is 3.53. The van der Waals surface area contributed by atoms with Gasteiger partial charge in [-0.15, -0.1) is 11.3 Å². The number of benzene rings is 1. The summed E-state index contributed by atoms with van der Waals surface area (Å²) in [4.78, 5) is 16.5. The van der Waals surface area contributed by atoms with Crippen molar-refractivity contribution in [1.82, 2.24) is 10.2 Å². The van der Waals surface area contributed by atoms with Crippen LogP contribution in [0.1, 0.15) is 46.4 Å². The number of carbonyl (C=O) groups is 1. The second-order valence-electron chi connectivity index (χ2n) is 6.38. The van der Waals surface area contributed by atoms with Crippen LogP contribution in [0.5, 0.6) is 5.75 Å². The van der Waals surface area contributed by atoms with E-state index in [2.05, 4.69) is 22.5 Å². The van der Waals surface area contributed by atoms with Gasteiger partial charge in [-0.2, -0.15) is 0 Å². The molecule has 0 aliphatic carbocycles. The summed E-state index contributed by atoms with van der Waals surface area (Å²) in [5.41, 5.74) is 3.13. The average molecular weight is 357 g/mol. The molecule has 6 heteroatoms. The number of hydrogen-bond donors (Lipinski definition) is 2. The van der Waals surface area contributed by atoms with Crippen molar-refractivity contribution in [3.05, 3.63) is 45.8 Å². The summed E-state index contributed by atoms with van der Waals surface area (Å²) >= 11 is 1.73. The van der Waals surface area contributed by atoms with Crippen molar-refractivity contribution >= 4 is 22.2 Å². The topological polar surface area (TPSA) is 53.6 Å². The van der Waals surface area contributed by atoms with Crippen LogP contribution in [0.25, 0.3) is 0 Å². The van der Waals surface area contributed by atoms with Crippen molar-refractivity contribution in [2.24, 2.45) is 0 Å². The summed E-state index contributed by atoms with van der Waals surface area (Å²) in [7, 11) is 0. The Morgan fingerprint density at radius 2 is 2.04 bits per heavy atom. The number of ether oxygens (including phenoxy) is 1. The van der Waals surface area contributed by atoms with Crippen molar-refractivity contribution in [3.8, 4) is 5.75 Å². The molecule has 0 saturated carbocycles. The second-order valence-corrected chi connectivity index (χ2v) is 7.48. The Morgan fingerprint density at radius 3 is 2.76 bits per heavy atom. The van der Waals surface area contributed by atoms with E-state index in [0.29, 0.717) is 6.61 Å². The third-order valence-electron chi connectivity index (χ3n) is 4.89. The van der Waals surface area contributed by atoms with Gasteiger partial charge in [-0.3, -0.25) is 9.69 Å². The van der Waals surface area contributed by atoms with Crippen molar-refractivity contribution in [1.29, 1.82) is 0 Å². The number of nitrogens with one attached hydrogen (secondary N) is 2. The SMILES string of the molecule is CCOc1ccc(C2NC(=O)c3c(sc4c3CCN(CC)C4)N2)cc1. The molecule has 2 aliphatic rings. The number of anilines is 1. The molecule has 2 aliphatic heterocycles. The predicted molar refractivity (Wildman–Crippen MR) is 100 cm³/mol. The second kappa shape index (κ2) is 6.69. The number of fused-ring (bicyclic) bond motifs is 3. The van der Waals surface area contributed by atoms with Gasteiger partial charge in [0.25, 0.3) is 5.91 Å². The van der Waals surface area contributed by atoms with Crippen molar-refractivity contribution < 1.29 is 9.53 Å². The number of carbonyl (C=O) groups excluding carboxylic acids is 1. The lowest BCUT2D eigenvalue weighted by molar-refractivity contribution is 0.0934. The summed E-state index contributed by atoms with van der Waals surface area (Å²) < 4.78 is 5.49. The first-order chi connectivity index (χ1) is 12.2. The van der Waals surface area contributed by atoms with E-state index in [1.54, 1.807) is 11.3 Å². The van der Waals surface area contributed by atoms with Crippen molar-refractivity contribution in [3.63, 3.8) is 0 Å². The van der Waals surface area contributed by atoms with E-state index < -0.39 is 0 Å². The highest BCUT2D eigenvalue weighted by Crippen LogP contribution is 2.40. The average Bonchev–Trinajstić information content (AvgIpc) is 3.00. The van der Waals surface area contributed by atoms with Crippen LogP contribution in [-0.4, -0.2) is 30.5 Å². The van der Waals surface area contributed by atoms with E-state index in [0.717, 1.165) is 47.9 Å². The molecule has 0 radical (unpaired) electrons. The molecule has 0 spiro atoms. The van der Waals surface area contributed by atoms with Gasteiger partial charge >= 0.3 is 0 Å². The fourth-order valence-corrected chi connectivity index (χ4v) is 4.84. The van der Waals surface area contributed by atoms with Crippen LogP contribution in [0.2, 0.25) is 0 Å². The number of thiophene rings is 1. The first-order valence-electron chi connectivity index (χ1n) is 8.86. The maximum Gasteiger partial charge on any atom is 0.256 e. The van der Waals surface area contributed by atoms with Crippen LogP contribution in [-0.2, 0) is 13.0 Å². The summed E-state index contributed by atoms with van der Waals surface area (Å²) in [6.07, 6.45) is 0.760. The largest absolute Gasteiger partial charge is 0.494 e. The first kappa shape index (κ1) is 16.4. The van der Waals surface area contributed by atoms with E-state index in [4.69, 9.17) is 4.74 Å². The predicted octanol–water partition coefficient (Wildman–Crippen LogP) is 3.38. The molecule has 1 aromatic heterocycles. The van der Waals surface area contributed by atoms with Gasteiger partial charge in [0.05, 0.1) is 12.2 Å². The molecule has 1 amide bonds. The Kier molecular flexibility index (Phi) is 4.39. The van der Waals surface area contributed by atoms with Gasteiger partial charge in [0, 0.05) is 18.0 Å². The lowest BCUT2D eigenvalue weighted by atomic mass is 10.0. The van der Waals surface area contributed by atoms with Crippen LogP contribution < -0.4 is 15.4 Å². The van der Waals surface area contributed by atoms with Gasteiger partial charge in [-0.1, -0.05) is 19.1 Å². The van der Waals surface area contributed by atoms with E-state index in [1.165, 1.54) is 10.4 Å². The van der Waals surface area contributed by atoms with Gasteiger partial charge in [0.2, 0.25) is 0 Å². The number of rotatable bonds is 4. The third kappa shape index (κ3) is 3.00. The molecule has 0 fully saturated rings. The normalized spacial score (nSPS) is 19.6. The molecule has 0 saturated heterocycles. The monoisotopic (exact) mass is 357 g/mol. The highest BCUT2D eigenvalue weighted by Gasteiger charge is 2.33. The zero-order chi connectivity index (χ0) is 17.4. The quantitative estimate of drug-likeness (QED) is 0.881. The Hall–Kier alpha value is -2.05. The molecule has 132 valence electrons.